The zero-order valence-electron chi connectivity index (χ0n) is 11.5. The van der Waals surface area contributed by atoms with Crippen LogP contribution in [0.4, 0.5) is 0 Å². The number of hydrogen-bond donors (Lipinski definition) is 0. The summed E-state index contributed by atoms with van der Waals surface area (Å²) in [5.74, 6) is 0. The highest BCUT2D eigenvalue weighted by Gasteiger charge is 2.13. The van der Waals surface area contributed by atoms with E-state index in [0.29, 0.717) is 25.9 Å². The highest BCUT2D eigenvalue weighted by molar-refractivity contribution is 7.99. The molecule has 0 aliphatic heterocycles. The fourth-order valence-electron chi connectivity index (χ4n) is 2.32. The van der Waals surface area contributed by atoms with Crippen molar-refractivity contribution in [3.05, 3.63) is 68.4 Å². The predicted octanol–water partition coefficient (Wildman–Crippen LogP) is 5.37. The number of benzene rings is 2. The zero-order chi connectivity index (χ0) is 16.0. The molecule has 0 atom stereocenters. The van der Waals surface area contributed by atoms with Crippen molar-refractivity contribution in [2.45, 2.75) is 9.79 Å². The SMILES string of the molecule is O=c1c2c(Sc3ccc(Cl)cc3Cl)cccc2nc2sccn12. The number of rotatable bonds is 2. The van der Waals surface area contributed by atoms with Crippen molar-refractivity contribution in [1.82, 2.24) is 9.38 Å². The lowest BCUT2D eigenvalue weighted by atomic mass is 10.2. The summed E-state index contributed by atoms with van der Waals surface area (Å²) in [5, 5.41) is 3.59. The summed E-state index contributed by atoms with van der Waals surface area (Å²) in [6.45, 7) is 0. The number of thiazole rings is 1. The van der Waals surface area contributed by atoms with Crippen LogP contribution in [-0.4, -0.2) is 9.38 Å². The van der Waals surface area contributed by atoms with Crippen LogP contribution in [0.15, 0.2) is 62.6 Å². The van der Waals surface area contributed by atoms with E-state index in [9.17, 15) is 4.79 Å². The minimum Gasteiger partial charge on any atom is -0.268 e. The minimum atomic E-state index is -0.0700. The zero-order valence-corrected chi connectivity index (χ0v) is 14.6. The topological polar surface area (TPSA) is 34.4 Å². The summed E-state index contributed by atoms with van der Waals surface area (Å²) in [6, 6.07) is 11.0. The Bertz CT molecular complexity index is 1100. The van der Waals surface area contributed by atoms with E-state index >= 15 is 0 Å². The van der Waals surface area contributed by atoms with Gasteiger partial charge in [0.2, 0.25) is 0 Å². The van der Waals surface area contributed by atoms with E-state index in [2.05, 4.69) is 4.98 Å². The van der Waals surface area contributed by atoms with Gasteiger partial charge in [-0.05, 0) is 30.3 Å². The Labute approximate surface area is 149 Å². The van der Waals surface area contributed by atoms with Crippen molar-refractivity contribution >= 4 is 62.2 Å². The van der Waals surface area contributed by atoms with Crippen molar-refractivity contribution in [1.29, 1.82) is 0 Å². The first-order chi connectivity index (χ1) is 11.1. The molecule has 0 saturated carbocycles. The summed E-state index contributed by atoms with van der Waals surface area (Å²) < 4.78 is 1.57. The van der Waals surface area contributed by atoms with Gasteiger partial charge in [-0.3, -0.25) is 9.20 Å². The molecule has 7 heteroatoms. The lowest BCUT2D eigenvalue weighted by Gasteiger charge is -2.07. The Hall–Kier alpha value is -1.53. The van der Waals surface area contributed by atoms with E-state index in [-0.39, 0.29) is 5.56 Å². The van der Waals surface area contributed by atoms with Gasteiger partial charge in [0.25, 0.3) is 5.56 Å². The standard InChI is InChI=1S/C16H8Cl2N2OS2/c17-9-4-5-12(10(18)8-9)23-13-3-1-2-11-14(13)15(21)20-6-7-22-16(20)19-11/h1-8H. The molecule has 0 bridgehead atoms. The van der Waals surface area contributed by atoms with E-state index < -0.39 is 0 Å². The summed E-state index contributed by atoms with van der Waals surface area (Å²) in [7, 11) is 0. The van der Waals surface area contributed by atoms with Crippen LogP contribution in [0.1, 0.15) is 0 Å². The maximum absolute atomic E-state index is 12.8. The predicted molar refractivity (Wildman–Crippen MR) is 97.4 cm³/mol. The molecule has 0 aliphatic rings. The second-order valence-electron chi connectivity index (χ2n) is 4.80. The molecule has 0 aliphatic carbocycles. The molecular formula is C16H8Cl2N2OS2. The molecular weight excluding hydrogens is 371 g/mol. The molecule has 0 N–H and O–H groups in total. The second-order valence-corrected chi connectivity index (χ2v) is 7.60. The van der Waals surface area contributed by atoms with Gasteiger partial charge >= 0.3 is 0 Å². The summed E-state index contributed by atoms with van der Waals surface area (Å²) >= 11 is 15.1. The number of halogens is 2. The molecule has 2 heterocycles. The fraction of sp³-hybridized carbons (Fsp3) is 0. The first-order valence-corrected chi connectivity index (χ1v) is 9.10. The van der Waals surface area contributed by atoms with Crippen LogP contribution in [0.3, 0.4) is 0 Å². The van der Waals surface area contributed by atoms with E-state index in [4.69, 9.17) is 23.2 Å². The van der Waals surface area contributed by atoms with E-state index in [0.717, 1.165) is 9.79 Å². The quantitative estimate of drug-likeness (QED) is 0.470. The van der Waals surface area contributed by atoms with Gasteiger partial charge in [0.1, 0.15) is 0 Å². The lowest BCUT2D eigenvalue weighted by molar-refractivity contribution is 1.11. The highest BCUT2D eigenvalue weighted by Crippen LogP contribution is 2.37. The normalized spacial score (nSPS) is 11.4. The third kappa shape index (κ3) is 2.64. The van der Waals surface area contributed by atoms with Crippen molar-refractivity contribution in [3.8, 4) is 0 Å². The van der Waals surface area contributed by atoms with Crippen LogP contribution < -0.4 is 5.56 Å². The molecule has 0 radical (unpaired) electrons. The van der Waals surface area contributed by atoms with Gasteiger partial charge < -0.3 is 0 Å². The lowest BCUT2D eigenvalue weighted by Crippen LogP contribution is -2.13. The van der Waals surface area contributed by atoms with Crippen LogP contribution in [0.2, 0.25) is 10.0 Å². The van der Waals surface area contributed by atoms with Crippen LogP contribution in [-0.2, 0) is 0 Å². The van der Waals surface area contributed by atoms with Crippen LogP contribution in [0.25, 0.3) is 15.9 Å². The average molecular weight is 379 g/mol. The van der Waals surface area contributed by atoms with Gasteiger partial charge in [-0.15, -0.1) is 11.3 Å². The molecule has 114 valence electrons. The molecule has 0 fully saturated rings. The van der Waals surface area contributed by atoms with Crippen LogP contribution >= 0.6 is 46.3 Å². The second kappa shape index (κ2) is 5.83. The molecule has 2 aromatic carbocycles. The van der Waals surface area contributed by atoms with E-state index in [1.54, 1.807) is 22.7 Å². The van der Waals surface area contributed by atoms with Gasteiger partial charge in [-0.25, -0.2) is 4.98 Å². The monoisotopic (exact) mass is 378 g/mol. The number of fused-ring (bicyclic) bond motifs is 2. The average Bonchev–Trinajstić information content (AvgIpc) is 2.99. The van der Waals surface area contributed by atoms with Gasteiger partial charge in [0.15, 0.2) is 4.96 Å². The highest BCUT2D eigenvalue weighted by atomic mass is 35.5. The Kier molecular flexibility index (Phi) is 3.81. The Morgan fingerprint density at radius 2 is 2.00 bits per heavy atom. The number of aromatic nitrogens is 2. The summed E-state index contributed by atoms with van der Waals surface area (Å²) in [5.41, 5.74) is 0.618. The maximum atomic E-state index is 12.8. The first kappa shape index (κ1) is 15.0. The van der Waals surface area contributed by atoms with E-state index in [1.165, 1.54) is 23.1 Å². The Morgan fingerprint density at radius 3 is 2.83 bits per heavy atom. The molecule has 0 spiro atoms. The Balaban J connectivity index is 1.94. The minimum absolute atomic E-state index is 0.0700. The molecule has 0 saturated heterocycles. The number of nitrogens with zero attached hydrogens (tertiary/aromatic N) is 2. The van der Waals surface area contributed by atoms with Gasteiger partial charge in [-0.1, -0.05) is 41.0 Å². The van der Waals surface area contributed by atoms with Gasteiger partial charge in [0, 0.05) is 26.4 Å². The molecule has 3 nitrogen and oxygen atoms in total. The molecule has 4 rings (SSSR count). The summed E-state index contributed by atoms with van der Waals surface area (Å²) in [4.78, 5) is 19.7. The van der Waals surface area contributed by atoms with Gasteiger partial charge in [-0.2, -0.15) is 0 Å². The number of hydrogen-bond acceptors (Lipinski definition) is 4. The largest absolute Gasteiger partial charge is 0.268 e. The third-order valence-electron chi connectivity index (χ3n) is 3.36. The molecule has 4 aromatic rings. The maximum Gasteiger partial charge on any atom is 0.267 e. The molecule has 0 amide bonds. The molecule has 23 heavy (non-hydrogen) atoms. The summed E-state index contributed by atoms with van der Waals surface area (Å²) in [6.07, 6.45) is 1.74. The molecule has 0 unspecified atom stereocenters. The van der Waals surface area contributed by atoms with Crippen LogP contribution in [0, 0.1) is 0 Å². The van der Waals surface area contributed by atoms with Crippen molar-refractivity contribution in [2.75, 3.05) is 0 Å². The third-order valence-corrected chi connectivity index (χ3v) is 5.91. The van der Waals surface area contributed by atoms with Gasteiger partial charge in [0.05, 0.1) is 15.9 Å². The fourth-order valence-corrected chi connectivity index (χ4v) is 4.53. The first-order valence-electron chi connectivity index (χ1n) is 6.65. The van der Waals surface area contributed by atoms with E-state index in [1.807, 2.05) is 29.6 Å². The van der Waals surface area contributed by atoms with Crippen LogP contribution in [0.5, 0.6) is 0 Å². The smallest absolute Gasteiger partial charge is 0.267 e. The van der Waals surface area contributed by atoms with Crippen molar-refractivity contribution < 1.29 is 0 Å². The Morgan fingerprint density at radius 1 is 1.13 bits per heavy atom. The van der Waals surface area contributed by atoms with Crippen molar-refractivity contribution in [3.63, 3.8) is 0 Å². The molecule has 2 aromatic heterocycles. The van der Waals surface area contributed by atoms with Crippen molar-refractivity contribution in [2.24, 2.45) is 0 Å².